The maximum absolute atomic E-state index is 13.1. The van der Waals surface area contributed by atoms with Gasteiger partial charge in [0.1, 0.15) is 23.4 Å². The number of carbonyl (C=O) groups excluding carboxylic acids is 1. The highest BCUT2D eigenvalue weighted by atomic mass is 16.5. The Morgan fingerprint density at radius 1 is 1.31 bits per heavy atom. The van der Waals surface area contributed by atoms with Gasteiger partial charge in [-0.05, 0) is 37.8 Å². The van der Waals surface area contributed by atoms with Crippen LogP contribution in [0.2, 0.25) is 0 Å². The first-order chi connectivity index (χ1) is 15.6. The summed E-state index contributed by atoms with van der Waals surface area (Å²) in [5.74, 6) is 1.55. The second kappa shape index (κ2) is 9.28. The zero-order valence-corrected chi connectivity index (χ0v) is 18.1. The topological polar surface area (TPSA) is 110 Å². The molecular weight excluding hydrogens is 406 g/mol. The number of nitrogens with zero attached hydrogens (tertiary/aromatic N) is 4. The number of nitrogens with one attached hydrogen (secondary N) is 1. The van der Waals surface area contributed by atoms with Crippen LogP contribution in [0.5, 0.6) is 5.75 Å². The van der Waals surface area contributed by atoms with Gasteiger partial charge < -0.3 is 14.8 Å². The molecule has 0 spiro atoms. The molecule has 8 heteroatoms. The highest BCUT2D eigenvalue weighted by Gasteiger charge is 2.62. The van der Waals surface area contributed by atoms with E-state index in [4.69, 9.17) is 14.7 Å². The van der Waals surface area contributed by atoms with Crippen molar-refractivity contribution >= 4 is 11.7 Å². The Morgan fingerprint density at radius 3 is 2.88 bits per heavy atom. The fourth-order valence-electron chi connectivity index (χ4n) is 4.18. The number of hydrogen-bond acceptors (Lipinski definition) is 7. The molecule has 2 heterocycles. The van der Waals surface area contributed by atoms with E-state index in [2.05, 4.69) is 32.4 Å². The number of aromatic nitrogens is 3. The Hall–Kier alpha value is -3.57. The lowest BCUT2D eigenvalue weighted by molar-refractivity contribution is -0.118. The van der Waals surface area contributed by atoms with Gasteiger partial charge in [0, 0.05) is 24.6 Å². The molecule has 1 N–H and O–H groups in total. The molecule has 1 unspecified atom stereocenters. The number of allylic oxidation sites excluding steroid dienone is 4. The summed E-state index contributed by atoms with van der Waals surface area (Å²) in [6.45, 7) is 2.52. The highest BCUT2D eigenvalue weighted by Crippen LogP contribution is 2.60. The van der Waals surface area contributed by atoms with Crippen molar-refractivity contribution < 1.29 is 14.3 Å². The minimum absolute atomic E-state index is 0.0916. The summed E-state index contributed by atoms with van der Waals surface area (Å²) in [5, 5.41) is 11.8. The maximum Gasteiger partial charge on any atom is 0.229 e. The molecule has 4 rings (SSSR count). The molecule has 164 valence electrons. The molecule has 0 aliphatic heterocycles. The van der Waals surface area contributed by atoms with Crippen LogP contribution in [0.15, 0.2) is 48.8 Å². The predicted molar refractivity (Wildman–Crippen MR) is 117 cm³/mol. The smallest absolute Gasteiger partial charge is 0.229 e. The summed E-state index contributed by atoms with van der Waals surface area (Å²) >= 11 is 0. The Labute approximate surface area is 187 Å². The molecule has 0 saturated heterocycles. The van der Waals surface area contributed by atoms with E-state index in [1.54, 1.807) is 25.4 Å². The van der Waals surface area contributed by atoms with Crippen LogP contribution in [-0.4, -0.2) is 34.6 Å². The number of methoxy groups -OCH3 is 1. The number of ether oxygens (including phenoxy) is 2. The third-order valence-corrected chi connectivity index (χ3v) is 6.02. The van der Waals surface area contributed by atoms with Crippen LogP contribution in [-0.2, 0) is 16.1 Å². The van der Waals surface area contributed by atoms with Crippen molar-refractivity contribution in [2.45, 2.75) is 26.4 Å². The zero-order chi connectivity index (χ0) is 22.6. The molecule has 0 bridgehead atoms. The summed E-state index contributed by atoms with van der Waals surface area (Å²) in [5.41, 5.74) is 0.814. The molecule has 3 atom stereocenters. The largest absolute Gasteiger partial charge is 0.489 e. The van der Waals surface area contributed by atoms with Gasteiger partial charge in [-0.1, -0.05) is 24.3 Å². The van der Waals surface area contributed by atoms with Gasteiger partial charge in [-0.15, -0.1) is 0 Å². The minimum Gasteiger partial charge on any atom is -0.489 e. The van der Waals surface area contributed by atoms with Crippen molar-refractivity contribution in [2.24, 2.45) is 17.3 Å². The maximum atomic E-state index is 13.1. The van der Waals surface area contributed by atoms with Crippen molar-refractivity contribution in [3.8, 4) is 11.8 Å². The summed E-state index contributed by atoms with van der Waals surface area (Å²) in [7, 11) is 1.61. The quantitative estimate of drug-likeness (QED) is 0.682. The van der Waals surface area contributed by atoms with Gasteiger partial charge >= 0.3 is 0 Å². The van der Waals surface area contributed by atoms with Gasteiger partial charge in [0.25, 0.3) is 0 Å². The summed E-state index contributed by atoms with van der Waals surface area (Å²) in [6.07, 6.45) is 13.0. The normalized spacial score (nSPS) is 23.4. The second-order valence-electron chi connectivity index (χ2n) is 8.13. The van der Waals surface area contributed by atoms with Crippen molar-refractivity contribution in [3.05, 3.63) is 65.9 Å². The van der Waals surface area contributed by atoms with Gasteiger partial charge in [-0.3, -0.25) is 4.79 Å². The van der Waals surface area contributed by atoms with Crippen molar-refractivity contribution in [1.29, 1.82) is 5.26 Å². The molecule has 32 heavy (non-hydrogen) atoms. The van der Waals surface area contributed by atoms with Crippen LogP contribution >= 0.6 is 0 Å². The van der Waals surface area contributed by atoms with Crippen LogP contribution in [0.3, 0.4) is 0 Å². The van der Waals surface area contributed by atoms with Crippen LogP contribution in [0.25, 0.3) is 0 Å². The molecule has 0 radical (unpaired) electrons. The number of nitriles is 1. The van der Waals surface area contributed by atoms with E-state index < -0.39 is 0 Å². The van der Waals surface area contributed by atoms with Crippen molar-refractivity contribution in [3.63, 3.8) is 0 Å². The fourth-order valence-corrected chi connectivity index (χ4v) is 4.18. The van der Waals surface area contributed by atoms with E-state index in [1.165, 1.54) is 6.20 Å². The first kappa shape index (κ1) is 21.7. The molecule has 8 nitrogen and oxygen atoms in total. The van der Waals surface area contributed by atoms with Gasteiger partial charge in [0.2, 0.25) is 5.91 Å². The van der Waals surface area contributed by atoms with Crippen LogP contribution in [0, 0.1) is 35.5 Å². The summed E-state index contributed by atoms with van der Waals surface area (Å²) < 4.78 is 11.4. The standard InChI is InChI=1S/C24H25N5O3/c1-16-26-13-21(20(28-16)14-31-2)32-15-24(18-6-4-3-5-7-18)10-19(24)23(30)29-22-9-8-17(11-25)12-27-22/h3-6,8-9,12-13,18-19H,7,10,14-15H2,1-2H3,(H,27,29,30)/t18?,19-,24+/m0/s1. The fraction of sp³-hybridized carbons (Fsp3) is 0.375. The number of hydrogen-bond donors (Lipinski definition) is 1. The first-order valence-corrected chi connectivity index (χ1v) is 10.5. The van der Waals surface area contributed by atoms with E-state index in [9.17, 15) is 4.79 Å². The molecule has 2 aliphatic rings. The molecule has 1 fully saturated rings. The molecular formula is C24H25N5O3. The Kier molecular flexibility index (Phi) is 6.28. The summed E-state index contributed by atoms with van der Waals surface area (Å²) in [4.78, 5) is 25.9. The number of rotatable bonds is 8. The van der Waals surface area contributed by atoms with Gasteiger partial charge in [-0.25, -0.2) is 15.0 Å². The molecule has 2 aromatic rings. The SMILES string of the molecule is COCc1nc(C)ncc1OC[C@@]1(C2C=CC=CC2)C[C@H]1C(=O)Nc1ccc(C#N)cn1. The third-order valence-electron chi connectivity index (χ3n) is 6.02. The van der Waals surface area contributed by atoms with E-state index in [-0.39, 0.29) is 23.2 Å². The van der Waals surface area contributed by atoms with Crippen molar-refractivity contribution in [2.75, 3.05) is 19.0 Å². The van der Waals surface area contributed by atoms with E-state index in [1.807, 2.05) is 25.1 Å². The van der Waals surface area contributed by atoms with Gasteiger partial charge in [0.15, 0.2) is 5.75 Å². The van der Waals surface area contributed by atoms with Crippen LogP contribution in [0.1, 0.15) is 29.9 Å². The number of pyridine rings is 1. The first-order valence-electron chi connectivity index (χ1n) is 10.5. The molecule has 2 aliphatic carbocycles. The van der Waals surface area contributed by atoms with Crippen molar-refractivity contribution in [1.82, 2.24) is 15.0 Å². The van der Waals surface area contributed by atoms with Crippen LogP contribution < -0.4 is 10.1 Å². The lowest BCUT2D eigenvalue weighted by Gasteiger charge is -2.26. The predicted octanol–water partition coefficient (Wildman–Crippen LogP) is 3.35. The van der Waals surface area contributed by atoms with Gasteiger partial charge in [0.05, 0.1) is 25.0 Å². The van der Waals surface area contributed by atoms with E-state index in [0.29, 0.717) is 48.3 Å². The third kappa shape index (κ3) is 4.53. The molecule has 2 aromatic heterocycles. The number of aryl methyl sites for hydroxylation is 1. The van der Waals surface area contributed by atoms with E-state index in [0.717, 1.165) is 6.42 Å². The average Bonchev–Trinajstić information content (AvgIpc) is 3.56. The van der Waals surface area contributed by atoms with E-state index >= 15 is 0 Å². The van der Waals surface area contributed by atoms with Crippen LogP contribution in [0.4, 0.5) is 5.82 Å². The van der Waals surface area contributed by atoms with Gasteiger partial charge in [-0.2, -0.15) is 5.26 Å². The highest BCUT2D eigenvalue weighted by molar-refractivity contribution is 5.94. The number of anilines is 1. The molecule has 0 aromatic carbocycles. The Balaban J connectivity index is 1.50. The lowest BCUT2D eigenvalue weighted by Crippen LogP contribution is -2.29. The monoisotopic (exact) mass is 431 g/mol. The Bertz CT molecular complexity index is 1090. The zero-order valence-electron chi connectivity index (χ0n) is 18.1. The Morgan fingerprint density at radius 2 is 2.19 bits per heavy atom. The minimum atomic E-state index is -0.326. The lowest BCUT2D eigenvalue weighted by atomic mass is 9.82. The summed E-state index contributed by atoms with van der Waals surface area (Å²) in [6, 6.07) is 5.30. The second-order valence-corrected chi connectivity index (χ2v) is 8.13. The number of amides is 1. The molecule has 1 saturated carbocycles. The molecule has 1 amide bonds. The average molecular weight is 431 g/mol. The number of carbonyl (C=O) groups is 1.